The third kappa shape index (κ3) is 3.62. The third-order valence-corrected chi connectivity index (χ3v) is 5.76. The van der Waals surface area contributed by atoms with Gasteiger partial charge in [-0.3, -0.25) is 19.5 Å². The van der Waals surface area contributed by atoms with Crippen LogP contribution in [0.3, 0.4) is 0 Å². The Kier molecular flexibility index (Phi) is 5.96. The first kappa shape index (κ1) is 21.6. The smallest absolute Gasteiger partial charge is 0.300 e. The van der Waals surface area contributed by atoms with Gasteiger partial charge in [0.05, 0.1) is 25.8 Å². The minimum absolute atomic E-state index is 0.0630. The number of aliphatic hydroxyl groups is 1. The van der Waals surface area contributed by atoms with Gasteiger partial charge in [-0.1, -0.05) is 22.0 Å². The SMILES string of the molecule is COc1cccc(OC)c1/C(O)=C1\C(=O)C(=O)N(c2ccc(Br)cc2)C1c1ccncc1. The van der Waals surface area contributed by atoms with Gasteiger partial charge >= 0.3 is 0 Å². The van der Waals surface area contributed by atoms with Gasteiger partial charge in [0.25, 0.3) is 11.7 Å². The number of hydrogen-bond donors (Lipinski definition) is 1. The van der Waals surface area contributed by atoms with Crippen LogP contribution in [0.15, 0.2) is 77.0 Å². The molecule has 1 atom stereocenters. The van der Waals surface area contributed by atoms with Crippen molar-refractivity contribution in [3.63, 3.8) is 0 Å². The lowest BCUT2D eigenvalue weighted by Crippen LogP contribution is -2.29. The molecule has 0 spiro atoms. The summed E-state index contributed by atoms with van der Waals surface area (Å²) in [7, 11) is 2.90. The minimum Gasteiger partial charge on any atom is -0.506 e. The molecule has 2 aromatic carbocycles. The first-order valence-electron chi connectivity index (χ1n) is 9.65. The number of Topliss-reactive ketones (excluding diaryl/α,β-unsaturated/α-hetero) is 1. The maximum absolute atomic E-state index is 13.2. The summed E-state index contributed by atoms with van der Waals surface area (Å²) in [6.45, 7) is 0. The van der Waals surface area contributed by atoms with Crippen LogP contribution in [0.5, 0.6) is 11.5 Å². The van der Waals surface area contributed by atoms with Crippen molar-refractivity contribution in [2.45, 2.75) is 6.04 Å². The van der Waals surface area contributed by atoms with E-state index in [1.807, 2.05) is 0 Å². The Labute approximate surface area is 193 Å². The Bertz CT molecular complexity index is 1190. The van der Waals surface area contributed by atoms with Crippen molar-refractivity contribution in [1.29, 1.82) is 0 Å². The zero-order chi connectivity index (χ0) is 22.8. The van der Waals surface area contributed by atoms with E-state index in [0.29, 0.717) is 22.7 Å². The van der Waals surface area contributed by atoms with Gasteiger partial charge in [0, 0.05) is 22.6 Å². The highest BCUT2D eigenvalue weighted by Crippen LogP contribution is 2.45. The average Bonchev–Trinajstić information content (AvgIpc) is 3.09. The maximum Gasteiger partial charge on any atom is 0.300 e. The summed E-state index contributed by atoms with van der Waals surface area (Å²) >= 11 is 3.38. The normalized spacial score (nSPS) is 17.5. The van der Waals surface area contributed by atoms with Gasteiger partial charge in [0.2, 0.25) is 0 Å². The van der Waals surface area contributed by atoms with E-state index in [9.17, 15) is 14.7 Å². The zero-order valence-corrected chi connectivity index (χ0v) is 18.9. The number of aliphatic hydroxyl groups excluding tert-OH is 1. The second-order valence-corrected chi connectivity index (χ2v) is 7.88. The second-order valence-electron chi connectivity index (χ2n) is 6.96. The molecular formula is C24H19BrN2O5. The van der Waals surface area contributed by atoms with Crippen molar-refractivity contribution in [3.05, 3.63) is 88.2 Å². The molecule has 1 unspecified atom stereocenters. The van der Waals surface area contributed by atoms with Gasteiger partial charge in [0.15, 0.2) is 0 Å². The lowest BCUT2D eigenvalue weighted by Gasteiger charge is -2.25. The van der Waals surface area contributed by atoms with Crippen LogP contribution in [0.4, 0.5) is 5.69 Å². The highest BCUT2D eigenvalue weighted by atomic mass is 79.9. The summed E-state index contributed by atoms with van der Waals surface area (Å²) in [5.74, 6) is -1.31. The number of rotatable bonds is 5. The van der Waals surface area contributed by atoms with E-state index < -0.39 is 17.7 Å². The Morgan fingerprint density at radius 1 is 0.969 bits per heavy atom. The Balaban J connectivity index is 2.00. The molecule has 0 bridgehead atoms. The standard InChI is InChI=1S/C24H19BrN2O5/c1-31-17-4-3-5-18(32-2)19(17)22(28)20-21(14-10-12-26-13-11-14)27(24(30)23(20)29)16-8-6-15(25)7-9-16/h3-13,21,28H,1-2H3/b22-20+. The molecule has 1 saturated heterocycles. The van der Waals surface area contributed by atoms with Crippen molar-refractivity contribution in [3.8, 4) is 11.5 Å². The van der Waals surface area contributed by atoms with Gasteiger partial charge in [0.1, 0.15) is 22.8 Å². The number of carbonyl (C=O) groups is 2. The number of benzene rings is 2. The summed E-state index contributed by atoms with van der Waals surface area (Å²) in [6.07, 6.45) is 3.14. The topological polar surface area (TPSA) is 89.0 Å². The van der Waals surface area contributed by atoms with Crippen LogP contribution in [0.2, 0.25) is 0 Å². The molecule has 8 heteroatoms. The molecule has 32 heavy (non-hydrogen) atoms. The Morgan fingerprint density at radius 3 is 2.12 bits per heavy atom. The lowest BCUT2D eigenvalue weighted by molar-refractivity contribution is -0.132. The van der Waals surface area contributed by atoms with Crippen LogP contribution in [0.1, 0.15) is 17.2 Å². The molecule has 1 fully saturated rings. The second kappa shape index (κ2) is 8.84. The number of hydrogen-bond acceptors (Lipinski definition) is 6. The van der Waals surface area contributed by atoms with E-state index in [0.717, 1.165) is 4.47 Å². The van der Waals surface area contributed by atoms with Crippen LogP contribution in [-0.2, 0) is 9.59 Å². The number of carbonyl (C=O) groups excluding carboxylic acids is 2. The number of anilines is 1. The molecule has 1 aliphatic heterocycles. The van der Waals surface area contributed by atoms with Crippen LogP contribution in [0, 0.1) is 0 Å². The quantitative estimate of drug-likeness (QED) is 0.319. The molecule has 1 amide bonds. The number of ketones is 1. The van der Waals surface area contributed by atoms with Gasteiger partial charge in [-0.05, 0) is 54.1 Å². The highest BCUT2D eigenvalue weighted by molar-refractivity contribution is 9.10. The minimum atomic E-state index is -0.867. The van der Waals surface area contributed by atoms with Crippen LogP contribution >= 0.6 is 15.9 Å². The molecule has 3 aromatic rings. The van der Waals surface area contributed by atoms with Crippen LogP contribution < -0.4 is 14.4 Å². The summed E-state index contributed by atoms with van der Waals surface area (Å²) in [5, 5.41) is 11.4. The van der Waals surface area contributed by atoms with Crippen LogP contribution in [0.25, 0.3) is 5.76 Å². The van der Waals surface area contributed by atoms with Crippen molar-refractivity contribution in [2.75, 3.05) is 19.1 Å². The van der Waals surface area contributed by atoms with Crippen molar-refractivity contribution in [1.82, 2.24) is 4.98 Å². The molecule has 0 saturated carbocycles. The first-order chi connectivity index (χ1) is 15.5. The summed E-state index contributed by atoms with van der Waals surface area (Å²) in [5.41, 5.74) is 1.28. The number of pyridine rings is 1. The van der Waals surface area contributed by atoms with E-state index in [2.05, 4.69) is 20.9 Å². The molecule has 0 aliphatic carbocycles. The average molecular weight is 495 g/mol. The van der Waals surface area contributed by atoms with Gasteiger partial charge < -0.3 is 14.6 Å². The number of aromatic nitrogens is 1. The largest absolute Gasteiger partial charge is 0.506 e. The molecule has 1 N–H and O–H groups in total. The Hall–Kier alpha value is -3.65. The van der Waals surface area contributed by atoms with Crippen molar-refractivity contribution < 1.29 is 24.2 Å². The molecule has 0 radical (unpaired) electrons. The van der Waals surface area contributed by atoms with E-state index in [1.54, 1.807) is 67.0 Å². The number of amides is 1. The van der Waals surface area contributed by atoms with Gasteiger partial charge in [-0.15, -0.1) is 0 Å². The Morgan fingerprint density at radius 2 is 1.56 bits per heavy atom. The van der Waals surface area contributed by atoms with E-state index >= 15 is 0 Å². The molecular weight excluding hydrogens is 476 g/mol. The predicted octanol–water partition coefficient (Wildman–Crippen LogP) is 4.49. The number of ether oxygens (including phenoxy) is 2. The fraction of sp³-hybridized carbons (Fsp3) is 0.125. The number of methoxy groups -OCH3 is 2. The fourth-order valence-electron chi connectivity index (χ4n) is 3.78. The number of halogens is 1. The third-order valence-electron chi connectivity index (χ3n) is 5.24. The molecule has 4 rings (SSSR count). The summed E-state index contributed by atoms with van der Waals surface area (Å²) in [6, 6.07) is 14.5. The monoisotopic (exact) mass is 494 g/mol. The van der Waals surface area contributed by atoms with Crippen molar-refractivity contribution in [2.24, 2.45) is 0 Å². The van der Waals surface area contributed by atoms with E-state index in [4.69, 9.17) is 9.47 Å². The van der Waals surface area contributed by atoms with Crippen molar-refractivity contribution >= 4 is 39.1 Å². The summed E-state index contributed by atoms with van der Waals surface area (Å²) in [4.78, 5) is 31.8. The van der Waals surface area contributed by atoms with Gasteiger partial charge in [-0.25, -0.2) is 0 Å². The summed E-state index contributed by atoms with van der Waals surface area (Å²) < 4.78 is 11.6. The highest BCUT2D eigenvalue weighted by Gasteiger charge is 2.47. The molecule has 2 heterocycles. The zero-order valence-electron chi connectivity index (χ0n) is 17.3. The number of nitrogens with zero attached hydrogens (tertiary/aromatic N) is 2. The van der Waals surface area contributed by atoms with Crippen LogP contribution in [-0.4, -0.2) is 36.0 Å². The maximum atomic E-state index is 13.2. The molecule has 1 aliphatic rings. The predicted molar refractivity (Wildman–Crippen MR) is 123 cm³/mol. The lowest BCUT2D eigenvalue weighted by atomic mass is 9.95. The molecule has 7 nitrogen and oxygen atoms in total. The molecule has 1 aromatic heterocycles. The first-order valence-corrected chi connectivity index (χ1v) is 10.4. The molecule has 162 valence electrons. The van der Waals surface area contributed by atoms with E-state index in [-0.39, 0.29) is 16.9 Å². The fourth-order valence-corrected chi connectivity index (χ4v) is 4.05. The van der Waals surface area contributed by atoms with E-state index in [1.165, 1.54) is 19.1 Å². The van der Waals surface area contributed by atoms with Gasteiger partial charge in [-0.2, -0.15) is 0 Å².